The average Bonchev–Trinajstić information content (AvgIpc) is 2.79. The third-order valence-electron chi connectivity index (χ3n) is 3.68. The summed E-state index contributed by atoms with van der Waals surface area (Å²) in [5.74, 6) is 0.586. The van der Waals surface area contributed by atoms with Crippen LogP contribution in [0.15, 0.2) is 24.3 Å². The molecule has 1 aliphatic rings. The Kier molecular flexibility index (Phi) is 3.31. The van der Waals surface area contributed by atoms with Gasteiger partial charge in [-0.1, -0.05) is 38.1 Å². The molecule has 1 heterocycles. The Bertz CT molecular complexity index is 336. The summed E-state index contributed by atoms with van der Waals surface area (Å²) in [4.78, 5) is 0. The van der Waals surface area contributed by atoms with Gasteiger partial charge in [0.2, 0.25) is 0 Å². The lowest BCUT2D eigenvalue weighted by Crippen LogP contribution is -2.35. The van der Waals surface area contributed by atoms with Gasteiger partial charge in [-0.3, -0.25) is 0 Å². The Hall–Kier alpha value is -0.860. The fourth-order valence-electron chi connectivity index (χ4n) is 2.34. The van der Waals surface area contributed by atoms with Crippen molar-refractivity contribution in [3.05, 3.63) is 35.4 Å². The van der Waals surface area contributed by atoms with E-state index in [0.717, 1.165) is 19.6 Å². The molecule has 0 bridgehead atoms. The molecule has 2 rings (SSSR count). The molecular formula is C14H21NO. The van der Waals surface area contributed by atoms with E-state index in [1.807, 2.05) is 0 Å². The monoisotopic (exact) mass is 219 g/mol. The smallest absolute Gasteiger partial charge is 0.0575 e. The van der Waals surface area contributed by atoms with E-state index in [1.165, 1.54) is 11.1 Å². The van der Waals surface area contributed by atoms with Crippen LogP contribution in [0.1, 0.15) is 37.3 Å². The topological polar surface area (TPSA) is 35.2 Å². The van der Waals surface area contributed by atoms with Crippen molar-refractivity contribution in [3.8, 4) is 0 Å². The summed E-state index contributed by atoms with van der Waals surface area (Å²) in [7, 11) is 0. The van der Waals surface area contributed by atoms with Crippen LogP contribution < -0.4 is 5.73 Å². The Balaban J connectivity index is 2.26. The number of nitrogens with two attached hydrogens (primary N) is 1. The van der Waals surface area contributed by atoms with Gasteiger partial charge < -0.3 is 10.5 Å². The van der Waals surface area contributed by atoms with Gasteiger partial charge in [0.15, 0.2) is 0 Å². The molecule has 0 aliphatic carbocycles. The fraction of sp³-hybridized carbons (Fsp3) is 0.571. The minimum atomic E-state index is 0.0650. The summed E-state index contributed by atoms with van der Waals surface area (Å²) in [6.45, 7) is 6.71. The fourth-order valence-corrected chi connectivity index (χ4v) is 2.34. The predicted octanol–water partition coefficient (Wildman–Crippen LogP) is 2.43. The van der Waals surface area contributed by atoms with Crippen LogP contribution in [-0.2, 0) is 10.2 Å². The second-order valence-corrected chi connectivity index (χ2v) is 5.06. The maximum atomic E-state index is 5.92. The SMILES string of the molecule is CC(C)c1ccc(C2(CN)CCOC2)cc1. The first-order chi connectivity index (χ1) is 7.68. The van der Waals surface area contributed by atoms with Gasteiger partial charge in [0.1, 0.15) is 0 Å². The van der Waals surface area contributed by atoms with Crippen LogP contribution in [0, 0.1) is 0 Å². The van der Waals surface area contributed by atoms with Gasteiger partial charge in [0, 0.05) is 18.6 Å². The number of hydrogen-bond acceptors (Lipinski definition) is 2. The minimum Gasteiger partial charge on any atom is -0.380 e. The van der Waals surface area contributed by atoms with E-state index in [2.05, 4.69) is 38.1 Å². The molecule has 1 aliphatic heterocycles. The van der Waals surface area contributed by atoms with Gasteiger partial charge in [-0.05, 0) is 23.5 Å². The Labute approximate surface area is 97.8 Å². The normalized spacial score (nSPS) is 25.2. The van der Waals surface area contributed by atoms with E-state index >= 15 is 0 Å². The maximum absolute atomic E-state index is 5.92. The summed E-state index contributed by atoms with van der Waals surface area (Å²) in [5.41, 5.74) is 8.70. The molecule has 2 N–H and O–H groups in total. The zero-order chi connectivity index (χ0) is 11.6. The van der Waals surface area contributed by atoms with Crippen molar-refractivity contribution in [1.82, 2.24) is 0 Å². The highest BCUT2D eigenvalue weighted by Gasteiger charge is 2.35. The van der Waals surface area contributed by atoms with Crippen LogP contribution in [-0.4, -0.2) is 19.8 Å². The summed E-state index contributed by atoms with van der Waals surface area (Å²) in [6, 6.07) is 8.87. The quantitative estimate of drug-likeness (QED) is 0.847. The third kappa shape index (κ3) is 2.00. The molecule has 88 valence electrons. The largest absolute Gasteiger partial charge is 0.380 e. The molecule has 1 fully saturated rings. The number of hydrogen-bond donors (Lipinski definition) is 1. The van der Waals surface area contributed by atoms with Crippen LogP contribution in [0.4, 0.5) is 0 Å². The van der Waals surface area contributed by atoms with Gasteiger partial charge in [-0.25, -0.2) is 0 Å². The van der Waals surface area contributed by atoms with Crippen molar-refractivity contribution >= 4 is 0 Å². The highest BCUT2D eigenvalue weighted by molar-refractivity contribution is 5.31. The molecule has 16 heavy (non-hydrogen) atoms. The molecule has 1 unspecified atom stereocenters. The van der Waals surface area contributed by atoms with E-state index in [0.29, 0.717) is 12.5 Å². The highest BCUT2D eigenvalue weighted by atomic mass is 16.5. The molecule has 1 atom stereocenters. The van der Waals surface area contributed by atoms with Crippen LogP contribution in [0.3, 0.4) is 0 Å². The standard InChI is InChI=1S/C14H21NO/c1-11(2)12-3-5-13(6-4-12)14(9-15)7-8-16-10-14/h3-6,11H,7-10,15H2,1-2H3. The van der Waals surface area contributed by atoms with Gasteiger partial charge in [0.05, 0.1) is 6.61 Å². The first-order valence-corrected chi connectivity index (χ1v) is 6.06. The van der Waals surface area contributed by atoms with Gasteiger partial charge in [-0.2, -0.15) is 0 Å². The molecule has 2 nitrogen and oxygen atoms in total. The molecule has 0 aromatic heterocycles. The van der Waals surface area contributed by atoms with Crippen LogP contribution in [0.25, 0.3) is 0 Å². The molecule has 0 saturated carbocycles. The molecular weight excluding hydrogens is 198 g/mol. The van der Waals surface area contributed by atoms with Crippen molar-refractivity contribution in [2.24, 2.45) is 5.73 Å². The second-order valence-electron chi connectivity index (χ2n) is 5.06. The van der Waals surface area contributed by atoms with Crippen LogP contribution in [0.2, 0.25) is 0 Å². The average molecular weight is 219 g/mol. The molecule has 2 heteroatoms. The molecule has 1 aromatic rings. The van der Waals surface area contributed by atoms with Crippen molar-refractivity contribution in [2.75, 3.05) is 19.8 Å². The lowest BCUT2D eigenvalue weighted by atomic mass is 9.79. The van der Waals surface area contributed by atoms with E-state index in [1.54, 1.807) is 0 Å². The minimum absolute atomic E-state index is 0.0650. The Morgan fingerprint density at radius 3 is 2.44 bits per heavy atom. The lowest BCUT2D eigenvalue weighted by Gasteiger charge is -2.26. The highest BCUT2D eigenvalue weighted by Crippen LogP contribution is 2.32. The van der Waals surface area contributed by atoms with E-state index in [9.17, 15) is 0 Å². The van der Waals surface area contributed by atoms with Crippen molar-refractivity contribution < 1.29 is 4.74 Å². The molecule has 1 saturated heterocycles. The molecule has 1 aromatic carbocycles. The molecule has 0 amide bonds. The van der Waals surface area contributed by atoms with Crippen molar-refractivity contribution in [2.45, 2.75) is 31.6 Å². The maximum Gasteiger partial charge on any atom is 0.0575 e. The Morgan fingerprint density at radius 1 is 1.31 bits per heavy atom. The van der Waals surface area contributed by atoms with Crippen LogP contribution >= 0.6 is 0 Å². The first kappa shape index (κ1) is 11.6. The number of ether oxygens (including phenoxy) is 1. The van der Waals surface area contributed by atoms with E-state index in [4.69, 9.17) is 10.5 Å². The van der Waals surface area contributed by atoms with Crippen LogP contribution in [0.5, 0.6) is 0 Å². The summed E-state index contributed by atoms with van der Waals surface area (Å²) >= 11 is 0. The summed E-state index contributed by atoms with van der Waals surface area (Å²) < 4.78 is 5.50. The first-order valence-electron chi connectivity index (χ1n) is 6.06. The third-order valence-corrected chi connectivity index (χ3v) is 3.68. The second kappa shape index (κ2) is 4.56. The van der Waals surface area contributed by atoms with Crippen molar-refractivity contribution in [1.29, 1.82) is 0 Å². The van der Waals surface area contributed by atoms with Gasteiger partial charge in [0.25, 0.3) is 0 Å². The Morgan fingerprint density at radius 2 is 2.00 bits per heavy atom. The number of rotatable bonds is 3. The predicted molar refractivity (Wildman–Crippen MR) is 66.7 cm³/mol. The van der Waals surface area contributed by atoms with Gasteiger partial charge >= 0.3 is 0 Å². The lowest BCUT2D eigenvalue weighted by molar-refractivity contribution is 0.178. The van der Waals surface area contributed by atoms with Crippen molar-refractivity contribution in [3.63, 3.8) is 0 Å². The zero-order valence-electron chi connectivity index (χ0n) is 10.2. The zero-order valence-corrected chi connectivity index (χ0v) is 10.2. The summed E-state index contributed by atoms with van der Waals surface area (Å²) in [6.07, 6.45) is 1.05. The molecule has 0 radical (unpaired) electrons. The molecule has 0 spiro atoms. The summed E-state index contributed by atoms with van der Waals surface area (Å²) in [5, 5.41) is 0. The van der Waals surface area contributed by atoms with E-state index < -0.39 is 0 Å². The number of benzene rings is 1. The van der Waals surface area contributed by atoms with E-state index in [-0.39, 0.29) is 5.41 Å². The van der Waals surface area contributed by atoms with Gasteiger partial charge in [-0.15, -0.1) is 0 Å².